The molecular formula is C14H19N3O. The Balaban J connectivity index is 2.04. The summed E-state index contributed by atoms with van der Waals surface area (Å²) in [6.45, 7) is 5.72. The van der Waals surface area contributed by atoms with E-state index in [1.54, 1.807) is 0 Å². The summed E-state index contributed by atoms with van der Waals surface area (Å²) in [6, 6.07) is 8.40. The van der Waals surface area contributed by atoms with Gasteiger partial charge in [0, 0.05) is 12.3 Å². The van der Waals surface area contributed by atoms with Gasteiger partial charge in [-0.3, -0.25) is 4.99 Å². The molecule has 1 spiro atoms. The van der Waals surface area contributed by atoms with E-state index >= 15 is 0 Å². The standard InChI is InChI=1S/C14H19N3O/c1-10-4-3-5-12(8-10)17-13(15)16-9-14(17)6-7-18-11(14)2/h3-5,8,11H,6-7,9H2,1-2H3,(H2,15,16). The number of nitrogens with zero attached hydrogens (tertiary/aromatic N) is 2. The Kier molecular flexibility index (Phi) is 2.55. The average Bonchev–Trinajstić information content (AvgIpc) is 2.85. The molecule has 1 saturated heterocycles. The summed E-state index contributed by atoms with van der Waals surface area (Å²) >= 11 is 0. The lowest BCUT2D eigenvalue weighted by Crippen LogP contribution is -2.56. The Labute approximate surface area is 107 Å². The fourth-order valence-corrected chi connectivity index (χ4v) is 3.02. The summed E-state index contributed by atoms with van der Waals surface area (Å²) in [4.78, 5) is 6.61. The number of aliphatic imine (C=N–C) groups is 1. The lowest BCUT2D eigenvalue weighted by molar-refractivity contribution is 0.100. The zero-order chi connectivity index (χ0) is 12.8. The van der Waals surface area contributed by atoms with Crippen LogP contribution in [0.25, 0.3) is 0 Å². The third-order valence-corrected chi connectivity index (χ3v) is 4.11. The molecule has 2 atom stereocenters. The van der Waals surface area contributed by atoms with Crippen molar-refractivity contribution in [2.24, 2.45) is 10.7 Å². The van der Waals surface area contributed by atoms with Crippen LogP contribution in [0, 0.1) is 6.92 Å². The largest absolute Gasteiger partial charge is 0.376 e. The third-order valence-electron chi connectivity index (χ3n) is 4.11. The molecule has 1 fully saturated rings. The Morgan fingerprint density at radius 2 is 2.33 bits per heavy atom. The van der Waals surface area contributed by atoms with Crippen LogP contribution < -0.4 is 10.6 Å². The Bertz CT molecular complexity index is 500. The molecule has 4 heteroatoms. The highest BCUT2D eigenvalue weighted by molar-refractivity contribution is 5.98. The summed E-state index contributed by atoms with van der Waals surface area (Å²) in [7, 11) is 0. The second-order valence-corrected chi connectivity index (χ2v) is 5.22. The van der Waals surface area contributed by atoms with E-state index in [4.69, 9.17) is 10.5 Å². The molecule has 2 unspecified atom stereocenters. The first-order chi connectivity index (χ1) is 8.63. The van der Waals surface area contributed by atoms with Gasteiger partial charge in [-0.15, -0.1) is 0 Å². The molecule has 0 amide bonds. The highest BCUT2D eigenvalue weighted by Crippen LogP contribution is 2.39. The smallest absolute Gasteiger partial charge is 0.196 e. The van der Waals surface area contributed by atoms with E-state index in [-0.39, 0.29) is 11.6 Å². The number of hydrogen-bond acceptors (Lipinski definition) is 4. The first-order valence-electron chi connectivity index (χ1n) is 6.42. The zero-order valence-electron chi connectivity index (χ0n) is 10.9. The highest BCUT2D eigenvalue weighted by Gasteiger charge is 2.51. The van der Waals surface area contributed by atoms with Crippen LogP contribution >= 0.6 is 0 Å². The predicted octanol–water partition coefficient (Wildman–Crippen LogP) is 1.68. The minimum absolute atomic E-state index is 0.0854. The van der Waals surface area contributed by atoms with Crippen molar-refractivity contribution in [1.82, 2.24) is 0 Å². The van der Waals surface area contributed by atoms with Gasteiger partial charge in [-0.25, -0.2) is 0 Å². The summed E-state index contributed by atoms with van der Waals surface area (Å²) in [6.07, 6.45) is 1.13. The summed E-state index contributed by atoms with van der Waals surface area (Å²) < 4.78 is 5.75. The van der Waals surface area contributed by atoms with E-state index in [1.165, 1.54) is 5.56 Å². The van der Waals surface area contributed by atoms with Gasteiger partial charge in [-0.1, -0.05) is 12.1 Å². The van der Waals surface area contributed by atoms with Crippen LogP contribution in [0.4, 0.5) is 5.69 Å². The van der Waals surface area contributed by atoms with E-state index in [1.807, 2.05) is 0 Å². The van der Waals surface area contributed by atoms with Crippen LogP contribution in [-0.4, -0.2) is 30.8 Å². The number of hydrogen-bond donors (Lipinski definition) is 1. The first kappa shape index (κ1) is 11.5. The van der Waals surface area contributed by atoms with Crippen molar-refractivity contribution in [3.8, 4) is 0 Å². The minimum Gasteiger partial charge on any atom is -0.376 e. The maximum atomic E-state index is 6.10. The number of ether oxygens (including phenoxy) is 1. The molecule has 0 radical (unpaired) electrons. The SMILES string of the molecule is Cc1cccc(N2C(N)=NCC23CCOC3C)c1. The number of anilines is 1. The molecule has 0 saturated carbocycles. The van der Waals surface area contributed by atoms with Crippen molar-refractivity contribution in [2.75, 3.05) is 18.1 Å². The van der Waals surface area contributed by atoms with Gasteiger partial charge in [0.1, 0.15) is 0 Å². The molecule has 2 aliphatic heterocycles. The van der Waals surface area contributed by atoms with E-state index in [0.717, 1.165) is 25.3 Å². The van der Waals surface area contributed by atoms with Gasteiger partial charge in [-0.2, -0.15) is 0 Å². The van der Waals surface area contributed by atoms with E-state index in [9.17, 15) is 0 Å². The van der Waals surface area contributed by atoms with Crippen molar-refractivity contribution >= 4 is 11.6 Å². The number of rotatable bonds is 1. The van der Waals surface area contributed by atoms with Crippen LogP contribution in [0.15, 0.2) is 29.3 Å². The normalized spacial score (nSPS) is 31.1. The van der Waals surface area contributed by atoms with Gasteiger partial charge < -0.3 is 15.4 Å². The van der Waals surface area contributed by atoms with Crippen molar-refractivity contribution in [1.29, 1.82) is 0 Å². The predicted molar refractivity (Wildman–Crippen MR) is 72.9 cm³/mol. The fraction of sp³-hybridized carbons (Fsp3) is 0.500. The molecule has 0 aliphatic carbocycles. The van der Waals surface area contributed by atoms with Gasteiger partial charge >= 0.3 is 0 Å². The molecular weight excluding hydrogens is 226 g/mol. The fourth-order valence-electron chi connectivity index (χ4n) is 3.02. The van der Waals surface area contributed by atoms with E-state index < -0.39 is 0 Å². The molecule has 1 aromatic rings. The number of guanidine groups is 1. The Morgan fingerprint density at radius 3 is 3.00 bits per heavy atom. The molecule has 2 aliphatic rings. The quantitative estimate of drug-likeness (QED) is 0.819. The number of benzene rings is 1. The lowest BCUT2D eigenvalue weighted by Gasteiger charge is -2.38. The van der Waals surface area contributed by atoms with Crippen LogP contribution in [-0.2, 0) is 4.74 Å². The molecule has 0 bridgehead atoms. The van der Waals surface area contributed by atoms with Crippen molar-refractivity contribution < 1.29 is 4.74 Å². The molecule has 2 heterocycles. The zero-order valence-corrected chi connectivity index (χ0v) is 10.9. The topological polar surface area (TPSA) is 50.8 Å². The van der Waals surface area contributed by atoms with Crippen molar-refractivity contribution in [2.45, 2.75) is 31.9 Å². The molecule has 0 aromatic heterocycles. The second kappa shape index (κ2) is 3.99. The molecule has 18 heavy (non-hydrogen) atoms. The van der Waals surface area contributed by atoms with E-state index in [0.29, 0.717) is 5.96 Å². The second-order valence-electron chi connectivity index (χ2n) is 5.22. The van der Waals surface area contributed by atoms with Crippen molar-refractivity contribution in [3.63, 3.8) is 0 Å². The Hall–Kier alpha value is -1.55. The highest BCUT2D eigenvalue weighted by atomic mass is 16.5. The molecule has 96 valence electrons. The van der Waals surface area contributed by atoms with Crippen LogP contribution in [0.2, 0.25) is 0 Å². The summed E-state index contributed by atoms with van der Waals surface area (Å²) in [5, 5.41) is 0. The Morgan fingerprint density at radius 1 is 1.50 bits per heavy atom. The van der Waals surface area contributed by atoms with Crippen LogP contribution in [0.1, 0.15) is 18.9 Å². The summed E-state index contributed by atoms with van der Waals surface area (Å²) in [5.74, 6) is 0.609. The van der Waals surface area contributed by atoms with Gasteiger partial charge in [0.15, 0.2) is 5.96 Å². The minimum atomic E-state index is -0.0854. The van der Waals surface area contributed by atoms with Gasteiger partial charge in [0.25, 0.3) is 0 Å². The molecule has 2 N–H and O–H groups in total. The van der Waals surface area contributed by atoms with Gasteiger partial charge in [0.2, 0.25) is 0 Å². The maximum Gasteiger partial charge on any atom is 0.196 e. The number of aryl methyl sites for hydroxylation is 1. The third kappa shape index (κ3) is 1.52. The van der Waals surface area contributed by atoms with Gasteiger partial charge in [-0.05, 0) is 38.0 Å². The van der Waals surface area contributed by atoms with Crippen LogP contribution in [0.5, 0.6) is 0 Å². The average molecular weight is 245 g/mol. The lowest BCUT2D eigenvalue weighted by atomic mass is 9.90. The summed E-state index contributed by atoms with van der Waals surface area (Å²) in [5.41, 5.74) is 8.36. The molecule has 4 nitrogen and oxygen atoms in total. The number of nitrogens with two attached hydrogens (primary N) is 1. The first-order valence-corrected chi connectivity index (χ1v) is 6.42. The molecule has 3 rings (SSSR count). The monoisotopic (exact) mass is 245 g/mol. The molecule has 1 aromatic carbocycles. The van der Waals surface area contributed by atoms with Crippen LogP contribution in [0.3, 0.4) is 0 Å². The van der Waals surface area contributed by atoms with Crippen molar-refractivity contribution in [3.05, 3.63) is 29.8 Å². The van der Waals surface area contributed by atoms with E-state index in [2.05, 4.69) is 48.0 Å². The maximum absolute atomic E-state index is 6.10. The van der Waals surface area contributed by atoms with Gasteiger partial charge in [0.05, 0.1) is 18.2 Å².